The Hall–Kier alpha value is -1.36. The molecular weight excluding hydrogens is 194 g/mol. The molecule has 1 rings (SSSR count). The van der Waals surface area contributed by atoms with Crippen molar-refractivity contribution in [3.63, 3.8) is 0 Å². The van der Waals surface area contributed by atoms with E-state index in [1.807, 2.05) is 0 Å². The Bertz CT molecular complexity index is 272. The quantitative estimate of drug-likeness (QED) is 0.654. The van der Waals surface area contributed by atoms with Crippen molar-refractivity contribution in [1.82, 2.24) is 10.5 Å². The molecule has 1 aromatic rings. The highest BCUT2D eigenvalue weighted by molar-refractivity contribution is 5.75. The van der Waals surface area contributed by atoms with Gasteiger partial charge in [0.1, 0.15) is 0 Å². The van der Waals surface area contributed by atoms with E-state index in [9.17, 15) is 4.79 Å². The maximum absolute atomic E-state index is 11.3. The van der Waals surface area contributed by atoms with Crippen LogP contribution in [0.25, 0.3) is 0 Å². The topological polar surface area (TPSA) is 81.2 Å². The van der Waals surface area contributed by atoms with E-state index in [4.69, 9.17) is 10.3 Å². The molecule has 3 N–H and O–H groups in total. The van der Waals surface area contributed by atoms with Gasteiger partial charge < -0.3 is 15.6 Å². The van der Waals surface area contributed by atoms with Gasteiger partial charge >= 0.3 is 0 Å². The molecule has 0 fully saturated rings. The average Bonchev–Trinajstić information content (AvgIpc) is 2.74. The highest BCUT2D eigenvalue weighted by Gasteiger charge is 2.02. The molecule has 15 heavy (non-hydrogen) atoms. The number of hydrogen-bond acceptors (Lipinski definition) is 4. The number of nitrogens with zero attached hydrogens (tertiary/aromatic N) is 1. The van der Waals surface area contributed by atoms with Gasteiger partial charge in [0.05, 0.1) is 12.7 Å². The Morgan fingerprint density at radius 3 is 3.00 bits per heavy atom. The lowest BCUT2D eigenvalue weighted by Crippen LogP contribution is -2.22. The lowest BCUT2D eigenvalue weighted by Gasteiger charge is -2.02. The summed E-state index contributed by atoms with van der Waals surface area (Å²) in [5.41, 5.74) is 5.35. The number of hydrogen-bond donors (Lipinski definition) is 2. The summed E-state index contributed by atoms with van der Waals surface area (Å²) in [5.74, 6) is 0.716. The van der Waals surface area contributed by atoms with Crippen molar-refractivity contribution < 1.29 is 9.32 Å². The highest BCUT2D eigenvalue weighted by Crippen LogP contribution is 2.00. The van der Waals surface area contributed by atoms with E-state index in [-0.39, 0.29) is 5.91 Å². The number of nitrogens with one attached hydrogen (secondary N) is 1. The molecular formula is C10H17N3O2. The first-order chi connectivity index (χ1) is 7.33. The highest BCUT2D eigenvalue weighted by atomic mass is 16.5. The van der Waals surface area contributed by atoms with Crippen LogP contribution in [0.3, 0.4) is 0 Å². The summed E-state index contributed by atoms with van der Waals surface area (Å²) in [6.45, 7) is 1.11. The van der Waals surface area contributed by atoms with Crippen molar-refractivity contribution in [2.45, 2.75) is 32.2 Å². The molecule has 0 radical (unpaired) electrons. The second-order valence-corrected chi connectivity index (χ2v) is 3.35. The van der Waals surface area contributed by atoms with Gasteiger partial charge in [-0.15, -0.1) is 0 Å². The molecule has 5 heteroatoms. The fraction of sp³-hybridized carbons (Fsp3) is 0.600. The Morgan fingerprint density at radius 2 is 2.33 bits per heavy atom. The first-order valence-corrected chi connectivity index (χ1v) is 5.19. The lowest BCUT2D eigenvalue weighted by atomic mass is 10.2. The summed E-state index contributed by atoms with van der Waals surface area (Å²) in [6, 6.07) is 1.73. The van der Waals surface area contributed by atoms with Gasteiger partial charge in [-0.25, -0.2) is 0 Å². The number of unbranched alkanes of at least 4 members (excludes halogenated alkanes) is 2. The van der Waals surface area contributed by atoms with E-state index in [1.165, 1.54) is 0 Å². The third kappa shape index (κ3) is 5.17. The average molecular weight is 211 g/mol. The number of carbonyl (C=O) groups excluding carboxylic acids is 1. The first-order valence-electron chi connectivity index (χ1n) is 5.19. The molecule has 0 bridgehead atoms. The summed E-state index contributed by atoms with van der Waals surface area (Å²) in [7, 11) is 0. The standard InChI is InChI=1S/C10H17N3O2/c11-6-3-1-2-4-10(14)12-8-9-5-7-13-15-9/h5,7H,1-4,6,8,11H2,(H,12,14). The molecule has 1 amide bonds. The van der Waals surface area contributed by atoms with Gasteiger partial charge in [-0.2, -0.15) is 0 Å². The number of amides is 1. The number of carbonyl (C=O) groups is 1. The second kappa shape index (κ2) is 7.00. The Morgan fingerprint density at radius 1 is 1.47 bits per heavy atom. The molecule has 0 aromatic carbocycles. The number of aromatic nitrogens is 1. The van der Waals surface area contributed by atoms with E-state index < -0.39 is 0 Å². The summed E-state index contributed by atoms with van der Waals surface area (Å²) < 4.78 is 4.85. The predicted octanol–water partition coefficient (Wildman–Crippen LogP) is 0.810. The zero-order valence-corrected chi connectivity index (χ0v) is 8.74. The van der Waals surface area contributed by atoms with Crippen LogP contribution < -0.4 is 11.1 Å². The molecule has 84 valence electrons. The number of rotatable bonds is 7. The molecule has 5 nitrogen and oxygen atoms in total. The van der Waals surface area contributed by atoms with Crippen LogP contribution >= 0.6 is 0 Å². The third-order valence-electron chi connectivity index (χ3n) is 2.06. The Kier molecular flexibility index (Phi) is 5.47. The fourth-order valence-electron chi connectivity index (χ4n) is 1.21. The van der Waals surface area contributed by atoms with Crippen molar-refractivity contribution in [3.8, 4) is 0 Å². The lowest BCUT2D eigenvalue weighted by molar-refractivity contribution is -0.121. The Labute approximate surface area is 89.0 Å². The molecule has 0 saturated carbocycles. The van der Waals surface area contributed by atoms with Crippen LogP contribution in [0.5, 0.6) is 0 Å². The van der Waals surface area contributed by atoms with Crippen molar-refractivity contribution in [2.24, 2.45) is 5.73 Å². The van der Waals surface area contributed by atoms with Crippen molar-refractivity contribution >= 4 is 5.91 Å². The zero-order valence-electron chi connectivity index (χ0n) is 8.74. The monoisotopic (exact) mass is 211 g/mol. The van der Waals surface area contributed by atoms with Gasteiger partial charge in [0.25, 0.3) is 0 Å². The van der Waals surface area contributed by atoms with Gasteiger partial charge in [-0.3, -0.25) is 4.79 Å². The van der Waals surface area contributed by atoms with Crippen molar-refractivity contribution in [3.05, 3.63) is 18.0 Å². The molecule has 0 unspecified atom stereocenters. The molecule has 1 aromatic heterocycles. The fourth-order valence-corrected chi connectivity index (χ4v) is 1.21. The molecule has 1 heterocycles. The van der Waals surface area contributed by atoms with Gasteiger partial charge in [-0.05, 0) is 19.4 Å². The van der Waals surface area contributed by atoms with Crippen LogP contribution in [0.4, 0.5) is 0 Å². The minimum absolute atomic E-state index is 0.0448. The summed E-state index contributed by atoms with van der Waals surface area (Å²) in [6.07, 6.45) is 4.98. The van der Waals surface area contributed by atoms with Gasteiger partial charge in [0.2, 0.25) is 5.91 Å². The minimum Gasteiger partial charge on any atom is -0.360 e. The number of nitrogens with two attached hydrogens (primary N) is 1. The van der Waals surface area contributed by atoms with Crippen LogP contribution in [0.2, 0.25) is 0 Å². The van der Waals surface area contributed by atoms with Crippen LogP contribution in [0.1, 0.15) is 31.4 Å². The summed E-state index contributed by atoms with van der Waals surface area (Å²) in [5, 5.41) is 6.30. The molecule has 0 spiro atoms. The molecule has 0 saturated heterocycles. The molecule has 0 atom stereocenters. The minimum atomic E-state index is 0.0448. The summed E-state index contributed by atoms with van der Waals surface area (Å²) >= 11 is 0. The third-order valence-corrected chi connectivity index (χ3v) is 2.06. The maximum Gasteiger partial charge on any atom is 0.220 e. The van der Waals surface area contributed by atoms with Gasteiger partial charge in [0, 0.05) is 12.5 Å². The first kappa shape index (κ1) is 11.7. The van der Waals surface area contributed by atoms with Gasteiger partial charge in [0.15, 0.2) is 5.76 Å². The zero-order chi connectivity index (χ0) is 10.9. The van der Waals surface area contributed by atoms with Crippen molar-refractivity contribution in [1.29, 1.82) is 0 Å². The van der Waals surface area contributed by atoms with E-state index in [0.29, 0.717) is 25.3 Å². The molecule has 0 aliphatic rings. The van der Waals surface area contributed by atoms with E-state index in [0.717, 1.165) is 19.3 Å². The Balaban J connectivity index is 2.04. The smallest absolute Gasteiger partial charge is 0.220 e. The van der Waals surface area contributed by atoms with Crippen LogP contribution in [-0.4, -0.2) is 17.6 Å². The normalized spacial score (nSPS) is 10.2. The predicted molar refractivity (Wildman–Crippen MR) is 55.9 cm³/mol. The van der Waals surface area contributed by atoms with Crippen LogP contribution in [0, 0.1) is 0 Å². The molecule has 0 aliphatic carbocycles. The van der Waals surface area contributed by atoms with E-state index in [1.54, 1.807) is 12.3 Å². The van der Waals surface area contributed by atoms with Crippen LogP contribution in [0.15, 0.2) is 16.8 Å². The molecule has 0 aliphatic heterocycles. The second-order valence-electron chi connectivity index (χ2n) is 3.35. The van der Waals surface area contributed by atoms with Gasteiger partial charge in [-0.1, -0.05) is 11.6 Å². The van der Waals surface area contributed by atoms with Crippen molar-refractivity contribution in [2.75, 3.05) is 6.54 Å². The van der Waals surface area contributed by atoms with Crippen LogP contribution in [-0.2, 0) is 11.3 Å². The van der Waals surface area contributed by atoms with E-state index >= 15 is 0 Å². The largest absolute Gasteiger partial charge is 0.360 e. The SMILES string of the molecule is NCCCCCC(=O)NCc1ccno1. The summed E-state index contributed by atoms with van der Waals surface area (Å²) in [4.78, 5) is 11.3. The maximum atomic E-state index is 11.3. The van der Waals surface area contributed by atoms with E-state index in [2.05, 4.69) is 10.5 Å².